The summed E-state index contributed by atoms with van der Waals surface area (Å²) in [6, 6.07) is 6.06. The Kier molecular flexibility index (Phi) is 2.96. The molecule has 3 N–H and O–H groups in total. The van der Waals surface area contributed by atoms with Crippen LogP contribution in [0.3, 0.4) is 0 Å². The Morgan fingerprint density at radius 2 is 1.92 bits per heavy atom. The fourth-order valence-corrected chi connectivity index (χ4v) is 1.35. The van der Waals surface area contributed by atoms with Crippen LogP contribution in [0.5, 0.6) is 0 Å². The van der Waals surface area contributed by atoms with E-state index in [-0.39, 0.29) is 0 Å². The molecule has 0 aliphatic heterocycles. The highest BCUT2D eigenvalue weighted by Crippen LogP contribution is 2.21. The zero-order valence-electron chi connectivity index (χ0n) is 8.39. The van der Waals surface area contributed by atoms with E-state index in [1.807, 2.05) is 39.1 Å². The summed E-state index contributed by atoms with van der Waals surface area (Å²) >= 11 is 0. The zero-order valence-corrected chi connectivity index (χ0v) is 8.39. The second-order valence-corrected chi connectivity index (χ2v) is 2.79. The van der Waals surface area contributed by atoms with Gasteiger partial charge in [0.15, 0.2) is 0 Å². The Hall–Kier alpha value is -1.44. The first kappa shape index (κ1) is 9.65. The quantitative estimate of drug-likeness (QED) is 0.595. The first-order valence-corrected chi connectivity index (χ1v) is 4.60. The average Bonchev–Trinajstić information content (AvgIpc) is 2.55. The van der Waals surface area contributed by atoms with Crippen LogP contribution in [0.1, 0.15) is 19.4 Å². The molecule has 0 saturated carbocycles. The van der Waals surface area contributed by atoms with Crippen LogP contribution in [-0.2, 0) is 0 Å². The van der Waals surface area contributed by atoms with Crippen LogP contribution in [0.2, 0.25) is 0 Å². The van der Waals surface area contributed by atoms with Gasteiger partial charge in [0, 0.05) is 22.8 Å². The molecule has 0 aliphatic carbocycles. The molecule has 2 nitrogen and oxygen atoms in total. The number of nitrogen functional groups attached to an aromatic ring is 1. The molecule has 2 rings (SSSR count). The molecule has 1 heterocycles. The molecule has 1 aromatic heterocycles. The first-order chi connectivity index (χ1) is 6.27. The lowest BCUT2D eigenvalue weighted by molar-refractivity contribution is 1.44. The van der Waals surface area contributed by atoms with Crippen molar-refractivity contribution >= 4 is 16.6 Å². The average molecular weight is 176 g/mol. The molecule has 0 fully saturated rings. The number of nitrogens with one attached hydrogen (secondary N) is 1. The summed E-state index contributed by atoms with van der Waals surface area (Å²) in [5.74, 6) is 0. The van der Waals surface area contributed by atoms with E-state index in [0.29, 0.717) is 0 Å². The van der Waals surface area contributed by atoms with Crippen molar-refractivity contribution in [1.29, 1.82) is 0 Å². The third-order valence-electron chi connectivity index (χ3n) is 1.85. The van der Waals surface area contributed by atoms with Gasteiger partial charge in [-0.3, -0.25) is 0 Å². The van der Waals surface area contributed by atoms with Gasteiger partial charge in [-0.25, -0.2) is 0 Å². The van der Waals surface area contributed by atoms with Gasteiger partial charge in [0.05, 0.1) is 0 Å². The number of fused-ring (bicyclic) bond motifs is 1. The van der Waals surface area contributed by atoms with Crippen LogP contribution < -0.4 is 5.73 Å². The molecule has 0 bridgehead atoms. The summed E-state index contributed by atoms with van der Waals surface area (Å²) in [6.07, 6.45) is 1.90. The number of aromatic amines is 1. The first-order valence-electron chi connectivity index (χ1n) is 4.60. The molecule has 0 radical (unpaired) electrons. The molecular formula is C11H16N2. The molecule has 2 heteroatoms. The van der Waals surface area contributed by atoms with Crippen molar-refractivity contribution in [2.45, 2.75) is 20.8 Å². The molecule has 1 aromatic carbocycles. The third-order valence-corrected chi connectivity index (χ3v) is 1.85. The zero-order chi connectivity index (χ0) is 9.84. The van der Waals surface area contributed by atoms with E-state index >= 15 is 0 Å². The van der Waals surface area contributed by atoms with Gasteiger partial charge in [-0.05, 0) is 30.7 Å². The van der Waals surface area contributed by atoms with Gasteiger partial charge in [-0.2, -0.15) is 0 Å². The number of hydrogen-bond donors (Lipinski definition) is 2. The monoisotopic (exact) mass is 176 g/mol. The van der Waals surface area contributed by atoms with E-state index in [9.17, 15) is 0 Å². The van der Waals surface area contributed by atoms with Crippen LogP contribution in [0.25, 0.3) is 10.9 Å². The van der Waals surface area contributed by atoms with E-state index in [4.69, 9.17) is 5.73 Å². The minimum absolute atomic E-state index is 0.848. The number of anilines is 1. The van der Waals surface area contributed by atoms with Crippen molar-refractivity contribution in [1.82, 2.24) is 4.98 Å². The number of rotatable bonds is 0. The largest absolute Gasteiger partial charge is 0.398 e. The molecular weight excluding hydrogens is 160 g/mol. The van der Waals surface area contributed by atoms with E-state index in [1.54, 1.807) is 0 Å². The smallest absolute Gasteiger partial charge is 0.0477 e. The highest BCUT2D eigenvalue weighted by molar-refractivity contribution is 5.91. The highest BCUT2D eigenvalue weighted by Gasteiger charge is 1.98. The van der Waals surface area contributed by atoms with Gasteiger partial charge in [-0.15, -0.1) is 0 Å². The minimum atomic E-state index is 0.848. The maximum absolute atomic E-state index is 5.78. The van der Waals surface area contributed by atoms with Crippen molar-refractivity contribution in [3.8, 4) is 0 Å². The van der Waals surface area contributed by atoms with Crippen molar-refractivity contribution < 1.29 is 0 Å². The van der Waals surface area contributed by atoms with Crippen LogP contribution in [0.15, 0.2) is 24.4 Å². The molecule has 0 unspecified atom stereocenters. The van der Waals surface area contributed by atoms with Gasteiger partial charge in [-0.1, -0.05) is 13.8 Å². The van der Waals surface area contributed by atoms with Crippen molar-refractivity contribution in [2.24, 2.45) is 0 Å². The van der Waals surface area contributed by atoms with Gasteiger partial charge in [0.25, 0.3) is 0 Å². The maximum atomic E-state index is 5.78. The third kappa shape index (κ3) is 1.83. The molecule has 0 spiro atoms. The highest BCUT2D eigenvalue weighted by atomic mass is 14.7. The van der Waals surface area contributed by atoms with E-state index in [1.165, 1.54) is 5.56 Å². The summed E-state index contributed by atoms with van der Waals surface area (Å²) in [5, 5.41) is 1.11. The van der Waals surface area contributed by atoms with Crippen molar-refractivity contribution in [3.05, 3.63) is 30.0 Å². The molecule has 13 heavy (non-hydrogen) atoms. The summed E-state index contributed by atoms with van der Waals surface area (Å²) in [7, 11) is 0. The minimum Gasteiger partial charge on any atom is -0.398 e. The molecule has 2 aromatic rings. The summed E-state index contributed by atoms with van der Waals surface area (Å²) < 4.78 is 0. The van der Waals surface area contributed by atoms with Gasteiger partial charge in [0.2, 0.25) is 0 Å². The number of hydrogen-bond acceptors (Lipinski definition) is 1. The number of aryl methyl sites for hydroxylation is 1. The lowest BCUT2D eigenvalue weighted by Gasteiger charge is -1.97. The summed E-state index contributed by atoms with van der Waals surface area (Å²) in [6.45, 7) is 6.04. The summed E-state index contributed by atoms with van der Waals surface area (Å²) in [4.78, 5) is 3.12. The molecule has 0 aliphatic rings. The van der Waals surface area contributed by atoms with Gasteiger partial charge in [0.1, 0.15) is 0 Å². The Morgan fingerprint density at radius 1 is 1.23 bits per heavy atom. The van der Waals surface area contributed by atoms with Crippen LogP contribution >= 0.6 is 0 Å². The van der Waals surface area contributed by atoms with Crippen LogP contribution in [-0.4, -0.2) is 4.98 Å². The molecule has 70 valence electrons. The predicted octanol–water partition coefficient (Wildman–Crippen LogP) is 3.08. The number of H-pyrrole nitrogens is 1. The Balaban J connectivity index is 0.000000396. The Labute approximate surface area is 78.8 Å². The van der Waals surface area contributed by atoms with Gasteiger partial charge < -0.3 is 10.7 Å². The SMILES string of the molecule is CC.Cc1cc(N)c2cc[nH]c2c1. The second kappa shape index (κ2) is 3.99. The van der Waals surface area contributed by atoms with Crippen LogP contribution in [0.4, 0.5) is 5.69 Å². The standard InChI is InChI=1S/C9H10N2.C2H6/c1-6-4-8(10)7-2-3-11-9(7)5-6;1-2/h2-5,11H,10H2,1H3;1-2H3. The molecule has 0 amide bonds. The number of aromatic nitrogens is 1. The lowest BCUT2D eigenvalue weighted by atomic mass is 10.1. The number of nitrogens with two attached hydrogens (primary N) is 1. The summed E-state index contributed by atoms with van der Waals surface area (Å²) in [5.41, 5.74) is 8.94. The predicted molar refractivity (Wildman–Crippen MR) is 58.8 cm³/mol. The fraction of sp³-hybridized carbons (Fsp3) is 0.273. The Morgan fingerprint density at radius 3 is 2.62 bits per heavy atom. The van der Waals surface area contributed by atoms with Crippen molar-refractivity contribution in [2.75, 3.05) is 5.73 Å². The van der Waals surface area contributed by atoms with Crippen molar-refractivity contribution in [3.63, 3.8) is 0 Å². The van der Waals surface area contributed by atoms with Crippen LogP contribution in [0, 0.1) is 6.92 Å². The van der Waals surface area contributed by atoms with E-state index in [2.05, 4.69) is 11.1 Å². The van der Waals surface area contributed by atoms with E-state index in [0.717, 1.165) is 16.6 Å². The topological polar surface area (TPSA) is 41.8 Å². The number of benzene rings is 1. The molecule has 0 saturated heterocycles. The maximum Gasteiger partial charge on any atom is 0.0477 e. The fourth-order valence-electron chi connectivity index (χ4n) is 1.35. The molecule has 0 atom stereocenters. The van der Waals surface area contributed by atoms with E-state index < -0.39 is 0 Å². The normalized spacial score (nSPS) is 9.46. The Bertz CT molecular complexity index is 388. The lowest BCUT2D eigenvalue weighted by Crippen LogP contribution is -1.86. The van der Waals surface area contributed by atoms with Gasteiger partial charge >= 0.3 is 0 Å². The second-order valence-electron chi connectivity index (χ2n) is 2.79.